The first-order valence-corrected chi connectivity index (χ1v) is 6.11. The molecule has 0 saturated carbocycles. The van der Waals surface area contributed by atoms with Gasteiger partial charge in [0.2, 0.25) is 5.91 Å². The van der Waals surface area contributed by atoms with E-state index in [1.54, 1.807) is 12.1 Å². The maximum Gasteiger partial charge on any atom is 0.307 e. The van der Waals surface area contributed by atoms with Gasteiger partial charge in [0.15, 0.2) is 0 Å². The lowest BCUT2D eigenvalue weighted by atomic mass is 9.99. The van der Waals surface area contributed by atoms with Gasteiger partial charge in [-0.25, -0.2) is 0 Å². The molecule has 1 amide bonds. The van der Waals surface area contributed by atoms with Gasteiger partial charge in [-0.05, 0) is 25.0 Å². The number of aliphatic carboxylic acids is 1. The molecule has 0 spiro atoms. The number of hydrogen-bond acceptors (Lipinski definition) is 3. The van der Waals surface area contributed by atoms with Crippen molar-refractivity contribution in [3.05, 3.63) is 35.4 Å². The van der Waals surface area contributed by atoms with Crippen molar-refractivity contribution in [2.75, 3.05) is 0 Å². The van der Waals surface area contributed by atoms with Crippen LogP contribution < -0.4 is 11.1 Å². The quantitative estimate of drug-likeness (QED) is 0.686. The summed E-state index contributed by atoms with van der Waals surface area (Å²) in [4.78, 5) is 21.5. The molecule has 0 aliphatic heterocycles. The minimum atomic E-state index is -0.839. The smallest absolute Gasteiger partial charge is 0.307 e. The molecule has 0 aliphatic carbocycles. The first kappa shape index (κ1) is 15.2. The number of amides is 1. The normalized spacial score (nSPS) is 11.3. The van der Waals surface area contributed by atoms with Crippen LogP contribution in [0.4, 0.5) is 0 Å². The lowest BCUT2D eigenvalue weighted by Crippen LogP contribution is -2.42. The summed E-state index contributed by atoms with van der Waals surface area (Å²) in [6.45, 7) is 4.43. The van der Waals surface area contributed by atoms with Crippen molar-refractivity contribution in [2.45, 2.75) is 38.8 Å². The van der Waals surface area contributed by atoms with E-state index >= 15 is 0 Å². The molecule has 0 aliphatic rings. The minimum Gasteiger partial charge on any atom is -0.481 e. The van der Waals surface area contributed by atoms with Crippen LogP contribution in [-0.2, 0) is 22.6 Å². The van der Waals surface area contributed by atoms with Crippen LogP contribution in [0.15, 0.2) is 24.3 Å². The van der Waals surface area contributed by atoms with Gasteiger partial charge in [0.05, 0.1) is 6.42 Å². The van der Waals surface area contributed by atoms with Crippen LogP contribution in [0.5, 0.6) is 0 Å². The van der Waals surface area contributed by atoms with E-state index in [4.69, 9.17) is 10.8 Å². The molecule has 104 valence electrons. The predicted octanol–water partition coefficient (Wildman–Crippen LogP) is 1.06. The van der Waals surface area contributed by atoms with Crippen LogP contribution in [0.3, 0.4) is 0 Å². The number of hydrogen-bond donors (Lipinski definition) is 3. The largest absolute Gasteiger partial charge is 0.481 e. The summed E-state index contributed by atoms with van der Waals surface area (Å²) in [5, 5.41) is 11.9. The number of carboxylic acids is 1. The Hall–Kier alpha value is -1.88. The van der Waals surface area contributed by atoms with Crippen LogP contribution >= 0.6 is 0 Å². The van der Waals surface area contributed by atoms with E-state index in [1.165, 1.54) is 0 Å². The lowest BCUT2D eigenvalue weighted by Gasteiger charge is -2.24. The van der Waals surface area contributed by atoms with Crippen molar-refractivity contribution in [3.63, 3.8) is 0 Å². The van der Waals surface area contributed by atoms with Gasteiger partial charge in [0.25, 0.3) is 0 Å². The molecule has 0 fully saturated rings. The van der Waals surface area contributed by atoms with Crippen molar-refractivity contribution < 1.29 is 14.7 Å². The summed E-state index contributed by atoms with van der Waals surface area (Å²) in [6.07, 6.45) is 0.297. The van der Waals surface area contributed by atoms with E-state index < -0.39 is 5.97 Å². The Morgan fingerprint density at radius 2 is 1.74 bits per heavy atom. The Labute approximate surface area is 112 Å². The summed E-state index contributed by atoms with van der Waals surface area (Å²) in [5.41, 5.74) is 6.63. The average Bonchev–Trinajstić information content (AvgIpc) is 2.25. The highest BCUT2D eigenvalue weighted by atomic mass is 16.4. The van der Waals surface area contributed by atoms with Crippen LogP contribution in [0.25, 0.3) is 0 Å². The number of primary amides is 1. The highest BCUT2D eigenvalue weighted by Crippen LogP contribution is 2.11. The molecule has 4 N–H and O–H groups in total. The second kappa shape index (κ2) is 6.33. The minimum absolute atomic E-state index is 0.0286. The van der Waals surface area contributed by atoms with Gasteiger partial charge in [0, 0.05) is 18.5 Å². The first-order chi connectivity index (χ1) is 8.78. The van der Waals surface area contributed by atoms with E-state index in [1.807, 2.05) is 26.0 Å². The number of nitrogens with one attached hydrogen (secondary N) is 1. The van der Waals surface area contributed by atoms with E-state index in [2.05, 4.69) is 5.32 Å². The zero-order chi connectivity index (χ0) is 14.5. The molecule has 0 atom stereocenters. The third-order valence-corrected chi connectivity index (χ3v) is 2.77. The Kier molecular flexibility index (Phi) is 5.06. The predicted molar refractivity (Wildman–Crippen MR) is 72.5 cm³/mol. The standard InChI is InChI=1S/C14H20N2O3/c1-14(2,8-12(15)17)16-9-11-5-3-10(4-6-11)7-13(18)19/h3-6,16H,7-9H2,1-2H3,(H2,15,17)(H,18,19). The van der Waals surface area contributed by atoms with Gasteiger partial charge in [-0.2, -0.15) is 0 Å². The topological polar surface area (TPSA) is 92.4 Å². The molecule has 5 heteroatoms. The van der Waals surface area contributed by atoms with Crippen molar-refractivity contribution in [3.8, 4) is 0 Å². The summed E-state index contributed by atoms with van der Waals surface area (Å²) in [5.74, 6) is -1.18. The molecule has 1 aromatic carbocycles. The van der Waals surface area contributed by atoms with Crippen molar-refractivity contribution in [1.29, 1.82) is 0 Å². The fourth-order valence-electron chi connectivity index (χ4n) is 1.79. The molecule has 0 aromatic heterocycles. The fourth-order valence-corrected chi connectivity index (χ4v) is 1.79. The van der Waals surface area contributed by atoms with Crippen molar-refractivity contribution in [1.82, 2.24) is 5.32 Å². The number of nitrogens with two attached hydrogens (primary N) is 1. The highest BCUT2D eigenvalue weighted by molar-refractivity contribution is 5.75. The maximum absolute atomic E-state index is 10.9. The summed E-state index contributed by atoms with van der Waals surface area (Å²) in [6, 6.07) is 7.36. The average molecular weight is 264 g/mol. The molecule has 1 aromatic rings. The third kappa shape index (κ3) is 6.01. The molecule has 0 radical (unpaired) electrons. The summed E-state index contributed by atoms with van der Waals surface area (Å²) >= 11 is 0. The molecule has 5 nitrogen and oxygen atoms in total. The molecule has 0 unspecified atom stereocenters. The Morgan fingerprint density at radius 3 is 2.21 bits per heavy atom. The molecular formula is C14H20N2O3. The van der Waals surface area contributed by atoms with Crippen LogP contribution in [0, 0.1) is 0 Å². The lowest BCUT2D eigenvalue weighted by molar-refractivity contribution is -0.136. The van der Waals surface area contributed by atoms with Crippen LogP contribution in [-0.4, -0.2) is 22.5 Å². The van der Waals surface area contributed by atoms with Gasteiger partial charge in [-0.15, -0.1) is 0 Å². The monoisotopic (exact) mass is 264 g/mol. The fraction of sp³-hybridized carbons (Fsp3) is 0.429. The van der Waals surface area contributed by atoms with E-state index in [9.17, 15) is 9.59 Å². The van der Waals surface area contributed by atoms with Crippen molar-refractivity contribution in [2.24, 2.45) is 5.73 Å². The van der Waals surface area contributed by atoms with E-state index in [-0.39, 0.29) is 24.3 Å². The SMILES string of the molecule is CC(C)(CC(N)=O)NCc1ccc(CC(=O)O)cc1. The number of carboxylic acid groups (broad SMARTS) is 1. The van der Waals surface area contributed by atoms with Crippen LogP contribution in [0.2, 0.25) is 0 Å². The Bertz CT molecular complexity index is 452. The first-order valence-electron chi connectivity index (χ1n) is 6.11. The second-order valence-electron chi connectivity index (χ2n) is 5.27. The van der Waals surface area contributed by atoms with E-state index in [0.717, 1.165) is 11.1 Å². The van der Waals surface area contributed by atoms with Gasteiger partial charge < -0.3 is 16.2 Å². The van der Waals surface area contributed by atoms with Gasteiger partial charge in [-0.3, -0.25) is 9.59 Å². The zero-order valence-electron chi connectivity index (χ0n) is 11.3. The Morgan fingerprint density at radius 1 is 1.21 bits per heavy atom. The summed E-state index contributed by atoms with van der Waals surface area (Å²) in [7, 11) is 0. The van der Waals surface area contributed by atoms with E-state index in [0.29, 0.717) is 6.54 Å². The van der Waals surface area contributed by atoms with Gasteiger partial charge >= 0.3 is 5.97 Å². The van der Waals surface area contributed by atoms with Gasteiger partial charge in [0.1, 0.15) is 0 Å². The molecule has 0 bridgehead atoms. The van der Waals surface area contributed by atoms with Crippen molar-refractivity contribution >= 4 is 11.9 Å². The Balaban J connectivity index is 2.54. The molecule has 0 heterocycles. The molecule has 0 saturated heterocycles. The van der Waals surface area contributed by atoms with Crippen LogP contribution in [0.1, 0.15) is 31.4 Å². The molecule has 1 rings (SSSR count). The highest BCUT2D eigenvalue weighted by Gasteiger charge is 2.19. The van der Waals surface area contributed by atoms with Gasteiger partial charge in [-0.1, -0.05) is 24.3 Å². The number of carbonyl (C=O) groups excluding carboxylic acids is 1. The second-order valence-corrected chi connectivity index (χ2v) is 5.27. The number of carbonyl (C=O) groups is 2. The number of benzene rings is 1. The molecule has 19 heavy (non-hydrogen) atoms. The third-order valence-electron chi connectivity index (χ3n) is 2.77. The number of rotatable bonds is 7. The molecular weight excluding hydrogens is 244 g/mol. The summed E-state index contributed by atoms with van der Waals surface area (Å²) < 4.78 is 0. The maximum atomic E-state index is 10.9. The zero-order valence-corrected chi connectivity index (χ0v) is 11.3.